The van der Waals surface area contributed by atoms with Crippen molar-refractivity contribution in [2.24, 2.45) is 0 Å². The van der Waals surface area contributed by atoms with Gasteiger partial charge in [0.25, 0.3) is 0 Å². The summed E-state index contributed by atoms with van der Waals surface area (Å²) >= 11 is 0. The fourth-order valence-electron chi connectivity index (χ4n) is 13.0. The Balaban J connectivity index is 1.06. The summed E-state index contributed by atoms with van der Waals surface area (Å²) in [6, 6.07) is 104. The lowest BCUT2D eigenvalue weighted by atomic mass is 9.33. The average Bonchev–Trinajstić information content (AvgIpc) is 3.99. The molecule has 0 radical (unpaired) electrons. The van der Waals surface area contributed by atoms with Crippen molar-refractivity contribution in [2.45, 2.75) is 19.3 Å². The van der Waals surface area contributed by atoms with Crippen LogP contribution in [-0.4, -0.2) is 11.3 Å². The van der Waals surface area contributed by atoms with Gasteiger partial charge in [-0.05, 0) is 135 Å². The molecule has 12 aromatic carbocycles. The van der Waals surface area contributed by atoms with Gasteiger partial charge in [0.05, 0.1) is 5.52 Å². The van der Waals surface area contributed by atoms with E-state index in [9.17, 15) is 0 Å². The molecule has 77 heavy (non-hydrogen) atoms. The smallest absolute Gasteiger partial charge is 0.248 e. The molecule has 1 nitrogen and oxygen atoms in total. The first-order chi connectivity index (χ1) is 37.9. The van der Waals surface area contributed by atoms with E-state index in [1.807, 2.05) is 0 Å². The molecule has 0 fully saturated rings. The van der Waals surface area contributed by atoms with Crippen LogP contribution in [0.1, 0.15) is 25.0 Å². The minimum absolute atomic E-state index is 0.149. The monoisotopic (exact) mass is 977 g/mol. The maximum atomic E-state index is 2.70. The second-order valence-electron chi connectivity index (χ2n) is 21.6. The number of nitrogens with zero attached hydrogens (tertiary/aromatic N) is 1. The van der Waals surface area contributed by atoms with E-state index in [4.69, 9.17) is 0 Å². The van der Waals surface area contributed by atoms with Crippen LogP contribution in [0.4, 0.5) is 0 Å². The Labute approximate surface area is 451 Å². The van der Waals surface area contributed by atoms with Crippen molar-refractivity contribution in [2.75, 3.05) is 0 Å². The molecule has 0 N–H and O–H groups in total. The minimum atomic E-state index is -0.383. The predicted molar refractivity (Wildman–Crippen MR) is 327 cm³/mol. The molecule has 0 aliphatic carbocycles. The molecule has 0 unspecified atom stereocenters. The van der Waals surface area contributed by atoms with Gasteiger partial charge in [-0.2, -0.15) is 0 Å². The molecular weight excluding hydrogens is 926 g/mol. The zero-order valence-electron chi connectivity index (χ0n) is 43.1. The topological polar surface area (TPSA) is 4.93 Å². The number of aromatic nitrogens is 1. The van der Waals surface area contributed by atoms with Crippen molar-refractivity contribution in [3.05, 3.63) is 290 Å². The fraction of sp³-hybridized carbons (Fsp3) is 0.0400. The molecule has 0 atom stereocenters. The fourth-order valence-corrected chi connectivity index (χ4v) is 13.0. The van der Waals surface area contributed by atoms with Gasteiger partial charge in [-0.3, -0.25) is 0 Å². The van der Waals surface area contributed by atoms with Crippen LogP contribution in [0, 0.1) is 0 Å². The number of fused-ring (bicyclic) bond motifs is 1. The number of rotatable bonds is 9. The minimum Gasteiger partial charge on any atom is -0.310 e. The van der Waals surface area contributed by atoms with Gasteiger partial charge in [0.1, 0.15) is 0 Å². The highest BCUT2D eigenvalue weighted by atomic mass is 15.0. The summed E-state index contributed by atoms with van der Waals surface area (Å²) in [5.41, 5.74) is 29.7. The van der Waals surface area contributed by atoms with Gasteiger partial charge in [-0.25, -0.2) is 0 Å². The summed E-state index contributed by atoms with van der Waals surface area (Å²) in [6.45, 7) is 4.80. The summed E-state index contributed by atoms with van der Waals surface area (Å²) in [6.07, 6.45) is 0. The van der Waals surface area contributed by atoms with E-state index >= 15 is 0 Å². The third kappa shape index (κ3) is 7.31. The van der Waals surface area contributed by atoms with Gasteiger partial charge in [-0.15, -0.1) is 0 Å². The van der Waals surface area contributed by atoms with E-state index in [2.05, 4.69) is 297 Å². The van der Waals surface area contributed by atoms with Crippen LogP contribution < -0.4 is 16.4 Å². The average molecular weight is 978 g/mol. The van der Waals surface area contributed by atoms with Crippen molar-refractivity contribution in [1.82, 2.24) is 4.57 Å². The summed E-state index contributed by atoms with van der Waals surface area (Å²) < 4.78 is 2.70. The van der Waals surface area contributed by atoms with Gasteiger partial charge < -0.3 is 4.57 Å². The van der Waals surface area contributed by atoms with Crippen molar-refractivity contribution >= 4 is 44.9 Å². The van der Waals surface area contributed by atoms with Crippen molar-refractivity contribution < 1.29 is 0 Å². The lowest BCUT2D eigenvalue weighted by Gasteiger charge is -2.40. The number of hydrogen-bond donors (Lipinski definition) is 0. The molecule has 13 aromatic rings. The molecule has 2 aliphatic heterocycles. The normalized spacial score (nSPS) is 12.9. The Morgan fingerprint density at radius 1 is 0.273 bits per heavy atom. The Bertz CT molecular complexity index is 4330. The van der Waals surface area contributed by atoms with Gasteiger partial charge >= 0.3 is 0 Å². The summed E-state index contributed by atoms with van der Waals surface area (Å²) in [7, 11) is 0. The largest absolute Gasteiger partial charge is 0.310 e. The van der Waals surface area contributed by atoms with Crippen LogP contribution >= 0.6 is 0 Å². The summed E-state index contributed by atoms with van der Waals surface area (Å²) in [5.74, 6) is 0. The first-order valence-corrected chi connectivity index (χ1v) is 27.0. The van der Waals surface area contributed by atoms with Crippen LogP contribution in [0.25, 0.3) is 117 Å². The summed E-state index contributed by atoms with van der Waals surface area (Å²) in [5, 5.41) is 2.57. The third-order valence-electron chi connectivity index (χ3n) is 16.9. The van der Waals surface area contributed by atoms with E-state index in [0.717, 1.165) is 0 Å². The molecule has 1 aromatic heterocycles. The highest BCUT2D eigenvalue weighted by molar-refractivity contribution is 6.99. The van der Waals surface area contributed by atoms with Crippen LogP contribution in [0.15, 0.2) is 279 Å². The molecule has 0 saturated carbocycles. The van der Waals surface area contributed by atoms with Crippen LogP contribution in [-0.2, 0) is 5.41 Å². The van der Waals surface area contributed by atoms with E-state index < -0.39 is 0 Å². The Morgan fingerprint density at radius 3 is 1.03 bits per heavy atom. The molecule has 0 saturated heterocycles. The third-order valence-corrected chi connectivity index (χ3v) is 16.9. The van der Waals surface area contributed by atoms with Crippen molar-refractivity contribution in [1.29, 1.82) is 0 Å². The van der Waals surface area contributed by atoms with Crippen LogP contribution in [0.5, 0.6) is 0 Å². The second kappa shape index (κ2) is 17.8. The molecule has 0 bridgehead atoms. The van der Waals surface area contributed by atoms with E-state index in [1.54, 1.807) is 0 Å². The molecule has 2 aliphatic rings. The zero-order chi connectivity index (χ0) is 51.2. The standard InChI is InChI=1S/C75H52BN/c1-75(2)67-45-60(55-37-31-52(32-38-55)49-19-8-3-9-20-49)43-65-66-44-61(56-39-33-53(34-40-56)50-21-10-4-11-22-50)47-69-73(66)77(72(65)67)74-68(75)46-62(57-41-35-54(36-42-57)51-23-12-5-13-24-51)48-70(74)76(69)71-63(58-25-14-6-15-26-58)29-18-30-64(71)59-27-16-7-17-28-59/h3-48H,1-2H3. The maximum Gasteiger partial charge on any atom is 0.248 e. The van der Waals surface area contributed by atoms with Gasteiger partial charge in [0.2, 0.25) is 6.71 Å². The van der Waals surface area contributed by atoms with Gasteiger partial charge in [0.15, 0.2) is 0 Å². The molecular formula is C75H52BN. The Morgan fingerprint density at radius 2 is 0.597 bits per heavy atom. The molecule has 0 amide bonds. The number of hydrogen-bond acceptors (Lipinski definition) is 0. The Hall–Kier alpha value is -9.50. The zero-order valence-corrected chi connectivity index (χ0v) is 43.1. The highest BCUT2D eigenvalue weighted by Crippen LogP contribution is 2.51. The number of benzene rings is 12. The second-order valence-corrected chi connectivity index (χ2v) is 21.6. The van der Waals surface area contributed by atoms with E-state index in [0.29, 0.717) is 0 Å². The molecule has 2 heteroatoms. The van der Waals surface area contributed by atoms with Crippen molar-refractivity contribution in [3.8, 4) is 94.7 Å². The van der Waals surface area contributed by atoms with E-state index in [-0.39, 0.29) is 12.1 Å². The predicted octanol–water partition coefficient (Wildman–Crippen LogP) is 17.6. The maximum absolute atomic E-state index is 2.70. The highest BCUT2D eigenvalue weighted by Gasteiger charge is 2.44. The lowest BCUT2D eigenvalue weighted by molar-refractivity contribution is 0.631. The van der Waals surface area contributed by atoms with Crippen LogP contribution in [0.3, 0.4) is 0 Å². The van der Waals surface area contributed by atoms with Crippen LogP contribution in [0.2, 0.25) is 0 Å². The van der Waals surface area contributed by atoms with Crippen molar-refractivity contribution in [3.63, 3.8) is 0 Å². The SMILES string of the molecule is CC1(C)c2cc(-c3ccc(-c4ccccc4)cc3)cc3c2-n2c4c(cc(-c5ccc(-c6ccccc6)cc5)cc4c4cc(-c5ccc(-c6ccccc6)cc5)cc1c42)B3c1c(-c2ccccc2)cccc1-c1ccccc1. The first-order valence-electron chi connectivity index (χ1n) is 27.0. The van der Waals surface area contributed by atoms with Gasteiger partial charge in [0, 0.05) is 27.4 Å². The summed E-state index contributed by atoms with van der Waals surface area (Å²) in [4.78, 5) is 0. The van der Waals surface area contributed by atoms with E-state index in [1.165, 1.54) is 144 Å². The molecule has 360 valence electrons. The van der Waals surface area contributed by atoms with Gasteiger partial charge in [-0.1, -0.05) is 274 Å². The molecule has 0 spiro atoms. The Kier molecular flexibility index (Phi) is 10.4. The molecule has 3 heterocycles. The quantitative estimate of drug-likeness (QED) is 0.127. The lowest BCUT2D eigenvalue weighted by Crippen LogP contribution is -2.58. The first kappa shape index (κ1) is 44.9. The molecule has 15 rings (SSSR count).